The number of aliphatic hydroxyl groups excluding tert-OH is 1. The Morgan fingerprint density at radius 3 is 3.00 bits per heavy atom. The molecule has 0 saturated heterocycles. The summed E-state index contributed by atoms with van der Waals surface area (Å²) in [5.41, 5.74) is 0. The molecule has 0 amide bonds. The van der Waals surface area contributed by atoms with Crippen LogP contribution in [-0.4, -0.2) is 45.5 Å². The topological polar surface area (TPSA) is 100 Å². The van der Waals surface area contributed by atoms with Gasteiger partial charge in [-0.2, -0.15) is 0 Å². The van der Waals surface area contributed by atoms with Crippen LogP contribution in [0, 0.1) is 0 Å². The summed E-state index contributed by atoms with van der Waals surface area (Å²) in [7, 11) is 0. The first-order chi connectivity index (χ1) is 11.2. The summed E-state index contributed by atoms with van der Waals surface area (Å²) in [5, 5.41) is 24.3. The smallest absolute Gasteiger partial charge is 0.191 e. The molecule has 0 aliphatic rings. The number of aliphatic hydroxyl groups is 1. The first kappa shape index (κ1) is 17.0. The van der Waals surface area contributed by atoms with Crippen molar-refractivity contribution < 1.29 is 9.52 Å². The van der Waals surface area contributed by atoms with Crippen LogP contribution in [0.2, 0.25) is 0 Å². The van der Waals surface area contributed by atoms with E-state index >= 15 is 0 Å². The first-order valence-electron chi connectivity index (χ1n) is 7.84. The number of furan rings is 1. The van der Waals surface area contributed by atoms with E-state index in [0.29, 0.717) is 18.3 Å². The molecule has 0 saturated carbocycles. The lowest BCUT2D eigenvalue weighted by atomic mass is 10.3. The minimum atomic E-state index is -0.745. The van der Waals surface area contributed by atoms with Gasteiger partial charge in [-0.05, 0) is 19.1 Å². The first-order valence-corrected chi connectivity index (χ1v) is 7.84. The molecule has 8 nitrogen and oxygen atoms in total. The standard InChI is InChI=1S/C15H24N6O2/c1-3-14-20-19-11-21(14)8-7-17-15(16-4-2)18-10-12(22)13-6-5-9-23-13/h5-6,9,11-12,22H,3-4,7-8,10H2,1-2H3,(H2,16,17,18). The molecule has 1 atom stereocenters. The predicted molar refractivity (Wildman–Crippen MR) is 87.0 cm³/mol. The zero-order valence-electron chi connectivity index (χ0n) is 13.6. The fourth-order valence-electron chi connectivity index (χ4n) is 2.12. The number of aliphatic imine (C=N–C) groups is 1. The van der Waals surface area contributed by atoms with E-state index in [1.165, 1.54) is 6.26 Å². The molecule has 1 unspecified atom stereocenters. The maximum absolute atomic E-state index is 9.99. The monoisotopic (exact) mass is 320 g/mol. The van der Waals surface area contributed by atoms with Crippen LogP contribution in [-0.2, 0) is 13.0 Å². The molecule has 23 heavy (non-hydrogen) atoms. The molecule has 2 aromatic heterocycles. The maximum Gasteiger partial charge on any atom is 0.191 e. The second-order valence-corrected chi connectivity index (χ2v) is 4.97. The predicted octanol–water partition coefficient (Wildman–Crippen LogP) is 0.722. The Balaban J connectivity index is 1.84. The number of hydrogen-bond donors (Lipinski definition) is 3. The van der Waals surface area contributed by atoms with Gasteiger partial charge in [0.25, 0.3) is 0 Å². The van der Waals surface area contributed by atoms with Gasteiger partial charge in [-0.25, -0.2) is 0 Å². The van der Waals surface area contributed by atoms with Gasteiger partial charge in [0.15, 0.2) is 5.96 Å². The lowest BCUT2D eigenvalue weighted by Gasteiger charge is -2.13. The van der Waals surface area contributed by atoms with Gasteiger partial charge in [0, 0.05) is 26.1 Å². The van der Waals surface area contributed by atoms with E-state index in [4.69, 9.17) is 4.42 Å². The van der Waals surface area contributed by atoms with Crippen molar-refractivity contribution >= 4 is 5.96 Å². The summed E-state index contributed by atoms with van der Waals surface area (Å²) in [4.78, 5) is 4.37. The Kier molecular flexibility index (Phi) is 6.61. The van der Waals surface area contributed by atoms with Crippen LogP contribution in [0.3, 0.4) is 0 Å². The van der Waals surface area contributed by atoms with Gasteiger partial charge in [-0.3, -0.25) is 4.99 Å². The molecule has 2 aromatic rings. The Bertz CT molecular complexity index is 593. The summed E-state index contributed by atoms with van der Waals surface area (Å²) in [6.07, 6.45) is 3.37. The van der Waals surface area contributed by atoms with Crippen LogP contribution in [0.1, 0.15) is 31.5 Å². The molecule has 0 bridgehead atoms. The molecule has 8 heteroatoms. The quantitative estimate of drug-likeness (QED) is 0.489. The van der Waals surface area contributed by atoms with E-state index in [-0.39, 0.29) is 6.54 Å². The molecule has 0 aromatic carbocycles. The number of aromatic nitrogens is 3. The van der Waals surface area contributed by atoms with Crippen molar-refractivity contribution in [1.82, 2.24) is 25.4 Å². The summed E-state index contributed by atoms with van der Waals surface area (Å²) in [5.74, 6) is 2.13. The van der Waals surface area contributed by atoms with Crippen molar-refractivity contribution in [2.24, 2.45) is 4.99 Å². The highest BCUT2D eigenvalue weighted by atomic mass is 16.4. The highest BCUT2D eigenvalue weighted by molar-refractivity contribution is 5.79. The van der Waals surface area contributed by atoms with E-state index in [2.05, 4.69) is 32.7 Å². The molecule has 0 fully saturated rings. The molecule has 126 valence electrons. The lowest BCUT2D eigenvalue weighted by molar-refractivity contribution is 0.158. The molecule has 2 heterocycles. The third-order valence-electron chi connectivity index (χ3n) is 3.30. The molecule has 0 spiro atoms. The zero-order valence-corrected chi connectivity index (χ0v) is 13.6. The van der Waals surface area contributed by atoms with Crippen molar-refractivity contribution in [2.45, 2.75) is 32.9 Å². The second-order valence-electron chi connectivity index (χ2n) is 4.97. The van der Waals surface area contributed by atoms with Gasteiger partial charge < -0.3 is 24.7 Å². The summed E-state index contributed by atoms with van der Waals surface area (Å²) in [6, 6.07) is 3.48. The summed E-state index contributed by atoms with van der Waals surface area (Å²) < 4.78 is 7.17. The molecule has 0 radical (unpaired) electrons. The number of hydrogen-bond acceptors (Lipinski definition) is 5. The molecule has 0 aliphatic carbocycles. The van der Waals surface area contributed by atoms with E-state index < -0.39 is 6.10 Å². The van der Waals surface area contributed by atoms with Crippen molar-refractivity contribution in [2.75, 3.05) is 19.6 Å². The van der Waals surface area contributed by atoms with Crippen molar-refractivity contribution in [1.29, 1.82) is 0 Å². The summed E-state index contributed by atoms with van der Waals surface area (Å²) >= 11 is 0. The Labute approximate surface area is 135 Å². The molecule has 3 N–H and O–H groups in total. The van der Waals surface area contributed by atoms with Crippen LogP contribution >= 0.6 is 0 Å². The minimum absolute atomic E-state index is 0.232. The Morgan fingerprint density at radius 1 is 1.43 bits per heavy atom. The Hall–Kier alpha value is -2.35. The average molecular weight is 320 g/mol. The van der Waals surface area contributed by atoms with Crippen LogP contribution in [0.4, 0.5) is 0 Å². The van der Waals surface area contributed by atoms with Gasteiger partial charge in [0.05, 0.1) is 12.8 Å². The number of guanidine groups is 1. The third-order valence-corrected chi connectivity index (χ3v) is 3.30. The lowest BCUT2D eigenvalue weighted by Crippen LogP contribution is -2.39. The minimum Gasteiger partial charge on any atom is -0.467 e. The molecular formula is C15H24N6O2. The van der Waals surface area contributed by atoms with Crippen LogP contribution in [0.25, 0.3) is 0 Å². The van der Waals surface area contributed by atoms with Crippen molar-refractivity contribution in [3.63, 3.8) is 0 Å². The van der Waals surface area contributed by atoms with Gasteiger partial charge in [-0.1, -0.05) is 6.92 Å². The maximum atomic E-state index is 9.99. The third kappa shape index (κ3) is 5.10. The normalized spacial score (nSPS) is 13.1. The van der Waals surface area contributed by atoms with Crippen LogP contribution in [0.5, 0.6) is 0 Å². The number of nitrogens with zero attached hydrogens (tertiary/aromatic N) is 4. The van der Waals surface area contributed by atoms with E-state index in [9.17, 15) is 5.11 Å². The number of nitrogens with one attached hydrogen (secondary N) is 2. The Morgan fingerprint density at radius 2 is 2.30 bits per heavy atom. The molecule has 0 aliphatic heterocycles. The molecular weight excluding hydrogens is 296 g/mol. The molecule has 2 rings (SSSR count). The van der Waals surface area contributed by atoms with Gasteiger partial charge >= 0.3 is 0 Å². The van der Waals surface area contributed by atoms with Gasteiger partial charge in [-0.15, -0.1) is 10.2 Å². The number of rotatable bonds is 8. The highest BCUT2D eigenvalue weighted by Gasteiger charge is 2.10. The zero-order chi connectivity index (χ0) is 16.5. The SMILES string of the molecule is CCNC(=NCC(O)c1ccco1)NCCn1cnnc1CC. The van der Waals surface area contributed by atoms with Gasteiger partial charge in [0.1, 0.15) is 24.0 Å². The van der Waals surface area contributed by atoms with Crippen LogP contribution < -0.4 is 10.6 Å². The van der Waals surface area contributed by atoms with E-state index in [1.807, 2.05) is 11.5 Å². The van der Waals surface area contributed by atoms with Crippen LogP contribution in [0.15, 0.2) is 34.1 Å². The largest absolute Gasteiger partial charge is 0.467 e. The van der Waals surface area contributed by atoms with E-state index in [0.717, 1.165) is 25.3 Å². The van der Waals surface area contributed by atoms with Crippen molar-refractivity contribution in [3.05, 3.63) is 36.3 Å². The highest BCUT2D eigenvalue weighted by Crippen LogP contribution is 2.12. The van der Waals surface area contributed by atoms with Gasteiger partial charge in [0.2, 0.25) is 0 Å². The second kappa shape index (κ2) is 8.94. The fourth-order valence-corrected chi connectivity index (χ4v) is 2.12. The fraction of sp³-hybridized carbons (Fsp3) is 0.533. The number of aryl methyl sites for hydroxylation is 1. The average Bonchev–Trinajstić information content (AvgIpc) is 3.23. The van der Waals surface area contributed by atoms with Crippen molar-refractivity contribution in [3.8, 4) is 0 Å². The summed E-state index contributed by atoms with van der Waals surface area (Å²) in [6.45, 7) is 6.46. The van der Waals surface area contributed by atoms with E-state index in [1.54, 1.807) is 18.5 Å².